The molecule has 0 bridgehead atoms. The molecule has 0 N–H and O–H groups in total. The molecule has 0 saturated heterocycles. The molecule has 13 heavy (non-hydrogen) atoms. The summed E-state index contributed by atoms with van der Waals surface area (Å²) in [6, 6.07) is 5.62. The van der Waals surface area contributed by atoms with Crippen molar-refractivity contribution in [2.24, 2.45) is 0 Å². The quantitative estimate of drug-likeness (QED) is 0.600. The maximum atomic E-state index is 10.1. The van der Waals surface area contributed by atoms with Crippen LogP contribution in [0.4, 0.5) is 0 Å². The Balaban J connectivity index is 2.99. The molecule has 1 rings (SSSR count). The molecule has 0 aromatic heterocycles. The van der Waals surface area contributed by atoms with Crippen molar-refractivity contribution in [3.05, 3.63) is 34.3 Å². The average molecular weight is 241 g/mol. The van der Waals surface area contributed by atoms with Gasteiger partial charge in [-0.15, -0.1) is 0 Å². The topological polar surface area (TPSA) is 26.3 Å². The molecule has 0 heterocycles. The lowest BCUT2D eigenvalue weighted by Crippen LogP contribution is -1.84. The Bertz CT molecular complexity index is 332. The minimum Gasteiger partial charge on any atom is -0.496 e. The summed E-state index contributed by atoms with van der Waals surface area (Å²) in [5.41, 5.74) is 0.937. The standard InChI is InChI=1S/C10H9BrO2/c1-13-10-7-8(3-2-6-12)4-5-9(10)11/h2-7H,1H3/b3-2+. The van der Waals surface area contributed by atoms with E-state index < -0.39 is 0 Å². The van der Waals surface area contributed by atoms with Crippen molar-refractivity contribution in [2.75, 3.05) is 7.11 Å². The maximum Gasteiger partial charge on any atom is 0.142 e. The fraction of sp³-hybridized carbons (Fsp3) is 0.100. The third-order valence-electron chi connectivity index (χ3n) is 1.54. The van der Waals surface area contributed by atoms with Crippen LogP contribution >= 0.6 is 15.9 Å². The summed E-state index contributed by atoms with van der Waals surface area (Å²) in [6.45, 7) is 0. The molecule has 68 valence electrons. The number of hydrogen-bond donors (Lipinski definition) is 0. The highest BCUT2D eigenvalue weighted by molar-refractivity contribution is 9.10. The van der Waals surface area contributed by atoms with Crippen LogP contribution in [0.2, 0.25) is 0 Å². The van der Waals surface area contributed by atoms with E-state index >= 15 is 0 Å². The van der Waals surface area contributed by atoms with Gasteiger partial charge >= 0.3 is 0 Å². The molecule has 0 aliphatic carbocycles. The van der Waals surface area contributed by atoms with Crippen molar-refractivity contribution < 1.29 is 9.53 Å². The zero-order valence-electron chi connectivity index (χ0n) is 7.16. The van der Waals surface area contributed by atoms with Crippen LogP contribution in [0.15, 0.2) is 28.7 Å². The highest BCUT2D eigenvalue weighted by Gasteiger charge is 1.98. The minimum atomic E-state index is 0.745. The van der Waals surface area contributed by atoms with Gasteiger partial charge in [-0.3, -0.25) is 4.79 Å². The third-order valence-corrected chi connectivity index (χ3v) is 2.20. The van der Waals surface area contributed by atoms with E-state index in [-0.39, 0.29) is 0 Å². The Kier molecular flexibility index (Phi) is 3.71. The lowest BCUT2D eigenvalue weighted by Gasteiger charge is -2.03. The monoisotopic (exact) mass is 240 g/mol. The number of rotatable bonds is 3. The SMILES string of the molecule is COc1cc(/C=C/C=O)ccc1Br. The second-order valence-electron chi connectivity index (χ2n) is 2.39. The molecule has 0 radical (unpaired) electrons. The van der Waals surface area contributed by atoms with Gasteiger partial charge in [-0.25, -0.2) is 0 Å². The molecular weight excluding hydrogens is 232 g/mol. The fourth-order valence-electron chi connectivity index (χ4n) is 0.930. The second kappa shape index (κ2) is 4.82. The number of carbonyl (C=O) groups is 1. The summed E-state index contributed by atoms with van der Waals surface area (Å²) in [4.78, 5) is 10.1. The molecule has 0 saturated carbocycles. The number of aldehydes is 1. The summed E-state index contributed by atoms with van der Waals surface area (Å²) in [7, 11) is 1.60. The largest absolute Gasteiger partial charge is 0.496 e. The van der Waals surface area contributed by atoms with Gasteiger partial charge in [0, 0.05) is 0 Å². The molecule has 3 heteroatoms. The molecule has 0 aliphatic rings. The molecular formula is C10H9BrO2. The van der Waals surface area contributed by atoms with Crippen molar-refractivity contribution >= 4 is 28.3 Å². The number of ether oxygens (including phenoxy) is 1. The molecule has 0 atom stereocenters. The summed E-state index contributed by atoms with van der Waals surface area (Å²) in [5.74, 6) is 0.757. The Morgan fingerprint density at radius 1 is 1.46 bits per heavy atom. The van der Waals surface area contributed by atoms with Gasteiger partial charge < -0.3 is 4.74 Å². The fourth-order valence-corrected chi connectivity index (χ4v) is 1.34. The van der Waals surface area contributed by atoms with E-state index in [1.165, 1.54) is 6.08 Å². The number of methoxy groups -OCH3 is 1. The summed E-state index contributed by atoms with van der Waals surface area (Å²) in [6.07, 6.45) is 3.92. The van der Waals surface area contributed by atoms with Crippen LogP contribution < -0.4 is 4.74 Å². The predicted molar refractivity (Wildman–Crippen MR) is 55.8 cm³/mol. The minimum absolute atomic E-state index is 0.745. The first-order valence-corrected chi connectivity index (χ1v) is 4.52. The maximum absolute atomic E-state index is 10.1. The number of carbonyl (C=O) groups excluding carboxylic acids is 1. The van der Waals surface area contributed by atoms with Crippen LogP contribution in [0, 0.1) is 0 Å². The van der Waals surface area contributed by atoms with Gasteiger partial charge in [0.1, 0.15) is 12.0 Å². The molecule has 1 aromatic rings. The molecule has 0 aliphatic heterocycles. The average Bonchev–Trinajstić information content (AvgIpc) is 2.16. The Morgan fingerprint density at radius 2 is 2.23 bits per heavy atom. The van der Waals surface area contributed by atoms with Gasteiger partial charge in [0.15, 0.2) is 0 Å². The van der Waals surface area contributed by atoms with Crippen LogP contribution in [-0.2, 0) is 4.79 Å². The van der Waals surface area contributed by atoms with E-state index in [0.717, 1.165) is 22.1 Å². The second-order valence-corrected chi connectivity index (χ2v) is 3.24. The van der Waals surface area contributed by atoms with E-state index in [1.54, 1.807) is 13.2 Å². The third kappa shape index (κ3) is 2.70. The van der Waals surface area contributed by atoms with E-state index in [4.69, 9.17) is 4.74 Å². The van der Waals surface area contributed by atoms with Crippen LogP contribution in [0.25, 0.3) is 6.08 Å². The summed E-state index contributed by atoms with van der Waals surface area (Å²) < 4.78 is 6.00. The van der Waals surface area contributed by atoms with Crippen molar-refractivity contribution in [3.8, 4) is 5.75 Å². The Labute approximate surface area is 85.3 Å². The lowest BCUT2D eigenvalue weighted by molar-refractivity contribution is -0.104. The van der Waals surface area contributed by atoms with Crippen LogP contribution in [0.5, 0.6) is 5.75 Å². The van der Waals surface area contributed by atoms with Gasteiger partial charge in [-0.1, -0.05) is 12.1 Å². The Morgan fingerprint density at radius 3 is 2.85 bits per heavy atom. The lowest BCUT2D eigenvalue weighted by atomic mass is 10.2. The first-order valence-electron chi connectivity index (χ1n) is 3.73. The van der Waals surface area contributed by atoms with Gasteiger partial charge in [-0.2, -0.15) is 0 Å². The molecule has 0 unspecified atom stereocenters. The van der Waals surface area contributed by atoms with E-state index in [0.29, 0.717) is 0 Å². The predicted octanol–water partition coefficient (Wildman–Crippen LogP) is 2.67. The molecule has 1 aromatic carbocycles. The van der Waals surface area contributed by atoms with Crippen LogP contribution in [-0.4, -0.2) is 13.4 Å². The van der Waals surface area contributed by atoms with Gasteiger partial charge in [-0.05, 0) is 39.7 Å². The van der Waals surface area contributed by atoms with Crippen molar-refractivity contribution in [2.45, 2.75) is 0 Å². The van der Waals surface area contributed by atoms with Gasteiger partial charge in [0.2, 0.25) is 0 Å². The highest BCUT2D eigenvalue weighted by atomic mass is 79.9. The molecule has 0 spiro atoms. The van der Waals surface area contributed by atoms with Gasteiger partial charge in [0.25, 0.3) is 0 Å². The number of hydrogen-bond acceptors (Lipinski definition) is 2. The van der Waals surface area contributed by atoms with Crippen molar-refractivity contribution in [3.63, 3.8) is 0 Å². The number of benzene rings is 1. The zero-order chi connectivity index (χ0) is 9.68. The smallest absolute Gasteiger partial charge is 0.142 e. The zero-order valence-corrected chi connectivity index (χ0v) is 8.74. The van der Waals surface area contributed by atoms with E-state index in [9.17, 15) is 4.79 Å². The van der Waals surface area contributed by atoms with Crippen molar-refractivity contribution in [1.29, 1.82) is 0 Å². The Hall–Kier alpha value is -1.09. The summed E-state index contributed by atoms with van der Waals surface area (Å²) >= 11 is 3.34. The first kappa shape index (κ1) is 9.99. The summed E-state index contributed by atoms with van der Waals surface area (Å²) in [5, 5.41) is 0. The number of allylic oxidation sites excluding steroid dienone is 1. The van der Waals surface area contributed by atoms with Crippen LogP contribution in [0.1, 0.15) is 5.56 Å². The molecule has 0 amide bonds. The van der Waals surface area contributed by atoms with Gasteiger partial charge in [0.05, 0.1) is 11.6 Å². The first-order chi connectivity index (χ1) is 6.27. The van der Waals surface area contributed by atoms with E-state index in [1.807, 2.05) is 18.2 Å². The molecule has 0 fully saturated rings. The highest BCUT2D eigenvalue weighted by Crippen LogP contribution is 2.25. The van der Waals surface area contributed by atoms with Crippen LogP contribution in [0.3, 0.4) is 0 Å². The van der Waals surface area contributed by atoms with E-state index in [2.05, 4.69) is 15.9 Å². The normalized spacial score (nSPS) is 10.3. The molecule has 2 nitrogen and oxygen atoms in total. The van der Waals surface area contributed by atoms with Crippen molar-refractivity contribution in [1.82, 2.24) is 0 Å². The number of halogens is 1.